The fourth-order valence-electron chi connectivity index (χ4n) is 4.63. The molecule has 2 aromatic heterocycles. The van der Waals surface area contributed by atoms with Gasteiger partial charge in [0.05, 0.1) is 35.6 Å². The number of fused-ring (bicyclic) bond motifs is 2. The maximum atomic E-state index is 12.9. The Morgan fingerprint density at radius 2 is 1.97 bits per heavy atom. The van der Waals surface area contributed by atoms with Crippen LogP contribution in [0.4, 0.5) is 0 Å². The number of hydrogen-bond acceptors (Lipinski definition) is 6. The van der Waals surface area contributed by atoms with E-state index < -0.39 is 15.8 Å². The first-order chi connectivity index (χ1) is 14.4. The molecule has 1 aliphatic carbocycles. The number of sulfone groups is 1. The third-order valence-electron chi connectivity index (χ3n) is 6.14. The largest absolute Gasteiger partial charge is 0.465 e. The molecule has 1 saturated heterocycles. The summed E-state index contributed by atoms with van der Waals surface area (Å²) in [7, 11) is -1.71. The van der Waals surface area contributed by atoms with Crippen LogP contribution < -0.4 is 0 Å². The smallest absolute Gasteiger partial charge is 0.339 e. The van der Waals surface area contributed by atoms with Gasteiger partial charge < -0.3 is 4.74 Å². The number of aryl methyl sites for hydroxylation is 2. The van der Waals surface area contributed by atoms with Crippen molar-refractivity contribution in [3.05, 3.63) is 46.6 Å². The summed E-state index contributed by atoms with van der Waals surface area (Å²) in [4.78, 5) is 17.8. The van der Waals surface area contributed by atoms with E-state index in [0.29, 0.717) is 28.7 Å². The zero-order valence-electron chi connectivity index (χ0n) is 17.0. The molecule has 0 bridgehead atoms. The van der Waals surface area contributed by atoms with E-state index in [2.05, 4.69) is 0 Å². The second kappa shape index (κ2) is 6.91. The minimum Gasteiger partial charge on any atom is -0.465 e. The number of carbonyl (C=O) groups excluding carboxylic acids is 1. The molecule has 7 nitrogen and oxygen atoms in total. The molecular formula is C22H23N3O4S. The van der Waals surface area contributed by atoms with Gasteiger partial charge in [-0.25, -0.2) is 22.9 Å². The monoisotopic (exact) mass is 425 g/mol. The number of carbonyl (C=O) groups is 1. The molecule has 30 heavy (non-hydrogen) atoms. The number of aromatic nitrogens is 3. The lowest BCUT2D eigenvalue weighted by atomic mass is 9.99. The van der Waals surface area contributed by atoms with Crippen LogP contribution in [0.1, 0.15) is 46.1 Å². The Kier molecular flexibility index (Phi) is 4.43. The van der Waals surface area contributed by atoms with E-state index in [1.807, 2.05) is 31.2 Å². The van der Waals surface area contributed by atoms with Crippen molar-refractivity contribution in [2.45, 2.75) is 38.6 Å². The second-order valence-corrected chi connectivity index (χ2v) is 10.4. The Labute approximate surface area is 175 Å². The summed E-state index contributed by atoms with van der Waals surface area (Å²) in [5.41, 5.74) is 5.57. The van der Waals surface area contributed by atoms with E-state index in [1.165, 1.54) is 7.11 Å². The molecule has 2 aliphatic rings. The minimum atomic E-state index is -3.10. The number of pyridine rings is 1. The molecule has 0 N–H and O–H groups in total. The van der Waals surface area contributed by atoms with Crippen molar-refractivity contribution in [3.8, 4) is 11.3 Å². The van der Waals surface area contributed by atoms with Crippen LogP contribution in [-0.2, 0) is 27.4 Å². The minimum absolute atomic E-state index is 0.0451. The summed E-state index contributed by atoms with van der Waals surface area (Å²) in [6.07, 6.45) is 3.01. The highest BCUT2D eigenvalue weighted by Gasteiger charge is 2.35. The van der Waals surface area contributed by atoms with E-state index in [0.717, 1.165) is 41.6 Å². The Hall–Kier alpha value is -2.74. The van der Waals surface area contributed by atoms with Crippen molar-refractivity contribution in [2.75, 3.05) is 18.6 Å². The van der Waals surface area contributed by atoms with Crippen LogP contribution in [0.2, 0.25) is 0 Å². The van der Waals surface area contributed by atoms with Gasteiger partial charge in [0.15, 0.2) is 15.5 Å². The van der Waals surface area contributed by atoms with Crippen LogP contribution in [0.25, 0.3) is 22.3 Å². The molecular weight excluding hydrogens is 402 g/mol. The molecule has 156 valence electrons. The lowest BCUT2D eigenvalue weighted by Crippen LogP contribution is -2.14. The summed E-state index contributed by atoms with van der Waals surface area (Å²) in [5, 5.41) is 5.50. The molecule has 5 rings (SSSR count). The third-order valence-corrected chi connectivity index (χ3v) is 7.89. The Morgan fingerprint density at radius 1 is 1.20 bits per heavy atom. The normalized spacial score (nSPS) is 19.9. The third kappa shape index (κ3) is 3.01. The number of esters is 1. The standard InChI is InChI=1S/C22H23N3O4S/c1-13-6-8-14(9-7-13)20-19-18(22(26)29-2)16-4-3-5-17(16)23-21(19)25(24-20)15-10-11-30(27,28)12-15/h6-9,15H,3-5,10-12H2,1-2H3. The molecule has 3 heterocycles. The highest BCUT2D eigenvalue weighted by molar-refractivity contribution is 7.91. The van der Waals surface area contributed by atoms with Gasteiger partial charge in [-0.1, -0.05) is 29.8 Å². The van der Waals surface area contributed by atoms with Crippen molar-refractivity contribution < 1.29 is 17.9 Å². The molecule has 0 amide bonds. The summed E-state index contributed by atoms with van der Waals surface area (Å²) in [6, 6.07) is 7.66. The van der Waals surface area contributed by atoms with Gasteiger partial charge in [0.1, 0.15) is 5.69 Å². The fourth-order valence-corrected chi connectivity index (χ4v) is 6.32. The summed E-state index contributed by atoms with van der Waals surface area (Å²) in [5.74, 6) is -0.204. The van der Waals surface area contributed by atoms with E-state index in [9.17, 15) is 13.2 Å². The highest BCUT2D eigenvalue weighted by Crippen LogP contribution is 2.38. The molecule has 3 aromatic rings. The van der Waals surface area contributed by atoms with Crippen LogP contribution in [-0.4, -0.2) is 47.8 Å². The Bertz CT molecular complexity index is 1280. The first-order valence-electron chi connectivity index (χ1n) is 10.2. The van der Waals surface area contributed by atoms with E-state index in [4.69, 9.17) is 14.8 Å². The molecule has 1 atom stereocenters. The Balaban J connectivity index is 1.84. The van der Waals surface area contributed by atoms with Crippen LogP contribution in [0, 0.1) is 6.92 Å². The van der Waals surface area contributed by atoms with E-state index in [1.54, 1.807) is 4.68 Å². The number of benzene rings is 1. The lowest BCUT2D eigenvalue weighted by molar-refractivity contribution is 0.0601. The van der Waals surface area contributed by atoms with Crippen molar-refractivity contribution in [3.63, 3.8) is 0 Å². The topological polar surface area (TPSA) is 91.2 Å². The van der Waals surface area contributed by atoms with E-state index in [-0.39, 0.29) is 17.5 Å². The SMILES string of the molecule is COC(=O)c1c2c(nc3c1c(-c1ccc(C)cc1)nn3C1CCS(=O)(=O)C1)CCC2. The first kappa shape index (κ1) is 19.2. The van der Waals surface area contributed by atoms with Gasteiger partial charge in [-0.05, 0) is 38.2 Å². The fraction of sp³-hybridized carbons (Fsp3) is 0.409. The molecule has 1 aromatic carbocycles. The zero-order chi connectivity index (χ0) is 21.0. The van der Waals surface area contributed by atoms with Gasteiger partial charge in [-0.3, -0.25) is 0 Å². The molecule has 1 fully saturated rings. The maximum absolute atomic E-state index is 12.9. The summed E-state index contributed by atoms with van der Waals surface area (Å²) in [6.45, 7) is 2.01. The van der Waals surface area contributed by atoms with Crippen LogP contribution in [0.3, 0.4) is 0 Å². The number of nitrogens with zero attached hydrogens (tertiary/aromatic N) is 3. The summed E-state index contributed by atoms with van der Waals surface area (Å²) >= 11 is 0. The molecule has 0 spiro atoms. The molecule has 0 saturated carbocycles. The van der Waals surface area contributed by atoms with Crippen LogP contribution in [0.15, 0.2) is 24.3 Å². The Morgan fingerprint density at radius 3 is 2.63 bits per heavy atom. The molecule has 1 unspecified atom stereocenters. The van der Waals surface area contributed by atoms with Crippen molar-refractivity contribution in [1.29, 1.82) is 0 Å². The summed E-state index contributed by atoms with van der Waals surface area (Å²) < 4.78 is 31.2. The van der Waals surface area contributed by atoms with Crippen LogP contribution in [0.5, 0.6) is 0 Å². The van der Waals surface area contributed by atoms with Crippen molar-refractivity contribution in [2.24, 2.45) is 0 Å². The predicted octanol–water partition coefficient (Wildman–Crippen LogP) is 3.04. The predicted molar refractivity (Wildman–Crippen MR) is 113 cm³/mol. The van der Waals surface area contributed by atoms with Gasteiger partial charge in [0.25, 0.3) is 0 Å². The van der Waals surface area contributed by atoms with Gasteiger partial charge in [-0.2, -0.15) is 5.10 Å². The number of rotatable bonds is 3. The molecule has 1 aliphatic heterocycles. The lowest BCUT2D eigenvalue weighted by Gasteiger charge is -2.12. The van der Waals surface area contributed by atoms with Gasteiger partial charge >= 0.3 is 5.97 Å². The van der Waals surface area contributed by atoms with Crippen molar-refractivity contribution >= 4 is 26.8 Å². The van der Waals surface area contributed by atoms with Gasteiger partial charge in [0.2, 0.25) is 0 Å². The quantitative estimate of drug-likeness (QED) is 0.599. The maximum Gasteiger partial charge on any atom is 0.339 e. The van der Waals surface area contributed by atoms with E-state index >= 15 is 0 Å². The average Bonchev–Trinajstić information content (AvgIpc) is 3.43. The second-order valence-electron chi connectivity index (χ2n) is 8.17. The number of methoxy groups -OCH3 is 1. The highest BCUT2D eigenvalue weighted by atomic mass is 32.2. The first-order valence-corrected chi connectivity index (χ1v) is 12.0. The molecule has 8 heteroatoms. The van der Waals surface area contributed by atoms with Crippen LogP contribution >= 0.6 is 0 Å². The average molecular weight is 426 g/mol. The zero-order valence-corrected chi connectivity index (χ0v) is 17.8. The van der Waals surface area contributed by atoms with Crippen molar-refractivity contribution in [1.82, 2.24) is 14.8 Å². The van der Waals surface area contributed by atoms with Gasteiger partial charge in [0, 0.05) is 11.3 Å². The molecule has 0 radical (unpaired) electrons. The number of ether oxygens (including phenoxy) is 1. The van der Waals surface area contributed by atoms with Gasteiger partial charge in [-0.15, -0.1) is 0 Å². The number of hydrogen-bond donors (Lipinski definition) is 0.